The summed E-state index contributed by atoms with van der Waals surface area (Å²) in [6.45, 7) is 5.75. The number of β-amino-alcohol motifs (C(OH)–C–C–N with tert-alkyl or cyclic N) is 1. The van der Waals surface area contributed by atoms with E-state index in [2.05, 4.69) is 16.5 Å². The zero-order valence-corrected chi connectivity index (χ0v) is 19.7. The van der Waals surface area contributed by atoms with Crippen molar-refractivity contribution >= 4 is 34.4 Å². The third-order valence-electron chi connectivity index (χ3n) is 5.50. The van der Waals surface area contributed by atoms with Crippen LogP contribution in [0.1, 0.15) is 56.0 Å². The number of benzene rings is 1. The molecule has 1 saturated heterocycles. The summed E-state index contributed by atoms with van der Waals surface area (Å²) < 4.78 is 5.99. The Balaban J connectivity index is 1.76. The third kappa shape index (κ3) is 5.25. The van der Waals surface area contributed by atoms with Gasteiger partial charge in [-0.15, -0.1) is 0 Å². The molecule has 9 heteroatoms. The van der Waals surface area contributed by atoms with Crippen molar-refractivity contribution in [3.8, 4) is 6.07 Å². The van der Waals surface area contributed by atoms with Crippen molar-refractivity contribution < 1.29 is 19.2 Å². The molecule has 0 saturated carbocycles. The van der Waals surface area contributed by atoms with Gasteiger partial charge in [0, 0.05) is 19.0 Å². The van der Waals surface area contributed by atoms with Gasteiger partial charge in [0.2, 0.25) is 11.8 Å². The molecule has 4 unspecified atom stereocenters. The van der Waals surface area contributed by atoms with Crippen LogP contribution < -0.4 is 5.32 Å². The van der Waals surface area contributed by atoms with Crippen molar-refractivity contribution in [3.63, 3.8) is 0 Å². The number of amides is 2. The van der Waals surface area contributed by atoms with Crippen LogP contribution in [0.25, 0.3) is 0 Å². The molecule has 2 amide bonds. The lowest BCUT2D eigenvalue weighted by atomic mass is 9.91. The summed E-state index contributed by atoms with van der Waals surface area (Å²) >= 11 is 2.02. The van der Waals surface area contributed by atoms with Crippen molar-refractivity contribution in [1.29, 1.82) is 5.26 Å². The second-order valence-electron chi connectivity index (χ2n) is 8.13. The highest BCUT2D eigenvalue weighted by molar-refractivity contribution is 14.1. The summed E-state index contributed by atoms with van der Waals surface area (Å²) in [7, 11) is 0. The minimum atomic E-state index is -0.772. The molecule has 0 bridgehead atoms. The van der Waals surface area contributed by atoms with Gasteiger partial charge in [0.15, 0.2) is 5.76 Å². The van der Waals surface area contributed by atoms with Gasteiger partial charge in [-0.2, -0.15) is 5.26 Å². The lowest BCUT2D eigenvalue weighted by Gasteiger charge is -2.29. The molecule has 31 heavy (non-hydrogen) atoms. The number of halogens is 1. The van der Waals surface area contributed by atoms with E-state index in [4.69, 9.17) is 9.78 Å². The predicted octanol–water partition coefficient (Wildman–Crippen LogP) is 2.73. The Morgan fingerprint density at radius 2 is 2.00 bits per heavy atom. The van der Waals surface area contributed by atoms with E-state index >= 15 is 0 Å². The fourth-order valence-corrected chi connectivity index (χ4v) is 4.28. The highest BCUT2D eigenvalue weighted by Gasteiger charge is 2.43. The molecule has 0 spiro atoms. The topological polar surface area (TPSA) is 119 Å². The largest absolute Gasteiger partial charge is 0.391 e. The van der Waals surface area contributed by atoms with E-state index in [9.17, 15) is 14.7 Å². The number of carbonyl (C=O) groups excluding carboxylic acids is 2. The van der Waals surface area contributed by atoms with Crippen LogP contribution in [-0.4, -0.2) is 45.7 Å². The number of rotatable bonds is 6. The molecule has 1 aliphatic rings. The van der Waals surface area contributed by atoms with Crippen molar-refractivity contribution in [2.45, 2.75) is 51.3 Å². The number of likely N-dealkylation sites (tertiary alicyclic amines) is 1. The normalized spacial score (nSPS) is 20.4. The maximum Gasteiger partial charge on any atom is 0.243 e. The lowest BCUT2D eigenvalue weighted by Crippen LogP contribution is -2.48. The zero-order valence-electron chi connectivity index (χ0n) is 17.6. The van der Waals surface area contributed by atoms with E-state index in [1.807, 2.05) is 43.4 Å². The van der Waals surface area contributed by atoms with Gasteiger partial charge in [-0.3, -0.25) is 9.59 Å². The Morgan fingerprint density at radius 1 is 1.32 bits per heavy atom. The molecule has 2 N–H and O–H groups in total. The first-order valence-corrected chi connectivity index (χ1v) is 11.2. The summed E-state index contributed by atoms with van der Waals surface area (Å²) in [6.07, 6.45) is -0.594. The van der Waals surface area contributed by atoms with E-state index in [-0.39, 0.29) is 36.7 Å². The molecule has 2 heterocycles. The molecular weight excluding hydrogens is 511 g/mol. The summed E-state index contributed by atoms with van der Waals surface area (Å²) in [5.41, 5.74) is 1.39. The number of aliphatic hydroxyl groups excluding tert-OH is 1. The predicted molar refractivity (Wildman–Crippen MR) is 121 cm³/mol. The van der Waals surface area contributed by atoms with Crippen LogP contribution in [0, 0.1) is 20.9 Å². The number of carbonyl (C=O) groups is 2. The molecule has 164 valence electrons. The maximum absolute atomic E-state index is 13.4. The van der Waals surface area contributed by atoms with Gasteiger partial charge in [-0.1, -0.05) is 31.1 Å². The molecule has 1 fully saturated rings. The van der Waals surface area contributed by atoms with Gasteiger partial charge in [0.1, 0.15) is 15.7 Å². The monoisotopic (exact) mass is 536 g/mol. The lowest BCUT2D eigenvalue weighted by molar-refractivity contribution is -0.141. The number of hydrogen-bond acceptors (Lipinski definition) is 6. The van der Waals surface area contributed by atoms with Crippen LogP contribution >= 0.6 is 22.6 Å². The fraction of sp³-hybridized carbons (Fsp3) is 0.455. The van der Waals surface area contributed by atoms with Gasteiger partial charge in [-0.25, -0.2) is 0 Å². The second kappa shape index (κ2) is 9.78. The van der Waals surface area contributed by atoms with Crippen LogP contribution in [0.4, 0.5) is 0 Å². The van der Waals surface area contributed by atoms with E-state index in [0.29, 0.717) is 15.0 Å². The molecule has 0 aliphatic carbocycles. The van der Waals surface area contributed by atoms with Crippen molar-refractivity contribution in [2.24, 2.45) is 5.92 Å². The number of aliphatic hydroxyl groups is 1. The van der Waals surface area contributed by atoms with Crippen molar-refractivity contribution in [1.82, 2.24) is 15.4 Å². The SMILES string of the molecule is CC(NC(=O)C1CC(O)CN1C(=O)C(c1cc(I)no1)C(C)C)c1ccc(C#N)cc1. The van der Waals surface area contributed by atoms with Crippen LogP contribution in [0.15, 0.2) is 34.9 Å². The number of aromatic nitrogens is 1. The Bertz CT molecular complexity index is 982. The Labute approximate surface area is 194 Å². The molecule has 4 atom stereocenters. The molecule has 1 aromatic heterocycles. The Morgan fingerprint density at radius 3 is 2.55 bits per heavy atom. The average Bonchev–Trinajstić information content (AvgIpc) is 3.33. The first-order chi connectivity index (χ1) is 14.7. The summed E-state index contributed by atoms with van der Waals surface area (Å²) in [6, 6.07) is 9.66. The van der Waals surface area contributed by atoms with E-state index in [0.717, 1.165) is 5.56 Å². The van der Waals surface area contributed by atoms with Crippen molar-refractivity contribution in [2.75, 3.05) is 6.54 Å². The first-order valence-electron chi connectivity index (χ1n) is 10.1. The number of hydrogen-bond donors (Lipinski definition) is 2. The molecule has 1 aliphatic heterocycles. The van der Waals surface area contributed by atoms with Crippen LogP contribution in [0.3, 0.4) is 0 Å². The third-order valence-corrected chi connectivity index (χ3v) is 6.01. The number of nitriles is 1. The molecular formula is C22H25IN4O4. The standard InChI is InChI=1S/C22H25IN4O4/c1-12(2)20(18-9-19(23)26-31-18)22(30)27-11-16(28)8-17(27)21(29)25-13(3)15-6-4-14(10-24)5-7-15/h4-7,9,12-13,16-17,20,28H,8,11H2,1-3H3,(H,25,29). The van der Waals surface area contributed by atoms with Gasteiger partial charge >= 0.3 is 0 Å². The maximum atomic E-state index is 13.4. The van der Waals surface area contributed by atoms with E-state index in [1.165, 1.54) is 4.90 Å². The highest BCUT2D eigenvalue weighted by atomic mass is 127. The van der Waals surface area contributed by atoms with Gasteiger partial charge in [0.05, 0.1) is 23.8 Å². The molecule has 2 aromatic rings. The summed E-state index contributed by atoms with van der Waals surface area (Å²) in [5.74, 6) is -0.791. The van der Waals surface area contributed by atoms with Crippen LogP contribution in [-0.2, 0) is 9.59 Å². The summed E-state index contributed by atoms with van der Waals surface area (Å²) in [5, 5.41) is 26.0. The van der Waals surface area contributed by atoms with Crippen molar-refractivity contribution in [3.05, 3.63) is 50.9 Å². The molecule has 1 aromatic carbocycles. The molecule has 8 nitrogen and oxygen atoms in total. The second-order valence-corrected chi connectivity index (χ2v) is 9.24. The molecule has 3 rings (SSSR count). The minimum Gasteiger partial charge on any atom is -0.391 e. The number of nitrogens with zero attached hydrogens (tertiary/aromatic N) is 3. The fourth-order valence-electron chi connectivity index (χ4n) is 3.87. The van der Waals surface area contributed by atoms with Crippen LogP contribution in [0.2, 0.25) is 0 Å². The van der Waals surface area contributed by atoms with Gasteiger partial charge in [0.25, 0.3) is 0 Å². The van der Waals surface area contributed by atoms with Crippen LogP contribution in [0.5, 0.6) is 0 Å². The summed E-state index contributed by atoms with van der Waals surface area (Å²) in [4.78, 5) is 27.9. The van der Waals surface area contributed by atoms with E-state index in [1.54, 1.807) is 30.3 Å². The Kier molecular flexibility index (Phi) is 7.33. The quantitative estimate of drug-likeness (QED) is 0.549. The number of nitrogens with one attached hydrogen (secondary N) is 1. The molecule has 0 radical (unpaired) electrons. The van der Waals surface area contributed by atoms with Gasteiger partial charge < -0.3 is 19.8 Å². The minimum absolute atomic E-state index is 0.0738. The highest BCUT2D eigenvalue weighted by Crippen LogP contribution is 2.31. The first kappa shape index (κ1) is 23.2. The van der Waals surface area contributed by atoms with Gasteiger partial charge in [-0.05, 0) is 53.1 Å². The van der Waals surface area contributed by atoms with E-state index < -0.39 is 18.1 Å². The average molecular weight is 536 g/mol. The smallest absolute Gasteiger partial charge is 0.243 e. The zero-order chi connectivity index (χ0) is 22.7. The Hall–Kier alpha value is -2.45.